The van der Waals surface area contributed by atoms with Crippen molar-refractivity contribution in [2.45, 2.75) is 0 Å². The molecular weight excluding hydrogens is 292 g/mol. The summed E-state index contributed by atoms with van der Waals surface area (Å²) in [7, 11) is -0.816. The van der Waals surface area contributed by atoms with Crippen molar-refractivity contribution in [3.8, 4) is 11.5 Å². The molecule has 0 aliphatic rings. The molecule has 0 fully saturated rings. The van der Waals surface area contributed by atoms with Gasteiger partial charge in [-0.15, -0.1) is 0 Å². The molecule has 112 valence electrons. The Balaban J connectivity index is 2.23. The van der Waals surface area contributed by atoms with Crippen molar-refractivity contribution in [1.82, 2.24) is 0 Å². The third-order valence-electron chi connectivity index (χ3n) is 2.68. The van der Waals surface area contributed by atoms with Gasteiger partial charge in [-0.2, -0.15) is 8.42 Å². The van der Waals surface area contributed by atoms with Crippen LogP contribution in [0, 0.1) is 0 Å². The van der Waals surface area contributed by atoms with Crippen molar-refractivity contribution < 1.29 is 17.9 Å². The smallest absolute Gasteiger partial charge is 0.321 e. The van der Waals surface area contributed by atoms with E-state index in [9.17, 15) is 8.42 Å². The number of anilines is 2. The summed E-state index contributed by atoms with van der Waals surface area (Å²) in [5.74, 6) is 0.919. The maximum atomic E-state index is 12.1. The molecule has 0 radical (unpaired) electrons. The zero-order chi connectivity index (χ0) is 15.3. The van der Waals surface area contributed by atoms with Crippen LogP contribution >= 0.6 is 0 Å². The Labute approximate surface area is 123 Å². The number of hydrogen-bond donors (Lipinski definition) is 2. The van der Waals surface area contributed by atoms with E-state index in [1.165, 1.54) is 14.2 Å². The molecule has 2 N–H and O–H groups in total. The first-order valence-corrected chi connectivity index (χ1v) is 7.60. The first-order valence-electron chi connectivity index (χ1n) is 6.12. The summed E-state index contributed by atoms with van der Waals surface area (Å²) in [4.78, 5) is 0. The Morgan fingerprint density at radius 3 is 2.24 bits per heavy atom. The molecule has 0 amide bonds. The second-order valence-corrected chi connectivity index (χ2v) is 5.55. The lowest BCUT2D eigenvalue weighted by atomic mass is 10.3. The van der Waals surface area contributed by atoms with Crippen molar-refractivity contribution in [3.63, 3.8) is 0 Å². The van der Waals surface area contributed by atoms with E-state index in [2.05, 4.69) is 9.44 Å². The molecule has 0 aliphatic heterocycles. The zero-order valence-corrected chi connectivity index (χ0v) is 12.5. The third kappa shape index (κ3) is 4.03. The van der Waals surface area contributed by atoms with Gasteiger partial charge in [-0.3, -0.25) is 9.44 Å². The maximum absolute atomic E-state index is 12.1. The minimum Gasteiger partial charge on any atom is -0.497 e. The van der Waals surface area contributed by atoms with Crippen molar-refractivity contribution in [1.29, 1.82) is 0 Å². The lowest BCUT2D eigenvalue weighted by Gasteiger charge is -2.14. The molecule has 0 atom stereocenters. The van der Waals surface area contributed by atoms with Gasteiger partial charge in [0.15, 0.2) is 0 Å². The highest BCUT2D eigenvalue weighted by Crippen LogP contribution is 2.29. The van der Waals surface area contributed by atoms with Crippen LogP contribution in [0.2, 0.25) is 0 Å². The van der Waals surface area contributed by atoms with Gasteiger partial charge in [0.2, 0.25) is 0 Å². The summed E-state index contributed by atoms with van der Waals surface area (Å²) in [6.45, 7) is 0. The molecule has 0 spiro atoms. The van der Waals surface area contributed by atoms with Gasteiger partial charge in [0.1, 0.15) is 11.5 Å². The normalized spacial score (nSPS) is 10.8. The molecule has 2 aromatic rings. The molecule has 0 saturated carbocycles. The van der Waals surface area contributed by atoms with Gasteiger partial charge in [-0.25, -0.2) is 0 Å². The first kappa shape index (κ1) is 15.0. The van der Waals surface area contributed by atoms with Crippen LogP contribution in [-0.2, 0) is 10.2 Å². The second-order valence-electron chi connectivity index (χ2n) is 4.14. The Kier molecular flexibility index (Phi) is 4.54. The van der Waals surface area contributed by atoms with E-state index in [-0.39, 0.29) is 0 Å². The fraction of sp³-hybridized carbons (Fsp3) is 0.143. The summed E-state index contributed by atoms with van der Waals surface area (Å²) in [6.07, 6.45) is 0. The highest BCUT2D eigenvalue weighted by molar-refractivity contribution is 7.94. The van der Waals surface area contributed by atoms with Crippen molar-refractivity contribution >= 4 is 21.6 Å². The van der Waals surface area contributed by atoms with Crippen LogP contribution in [0.5, 0.6) is 11.5 Å². The maximum Gasteiger partial charge on any atom is 0.321 e. The monoisotopic (exact) mass is 308 g/mol. The van der Waals surface area contributed by atoms with Gasteiger partial charge in [-0.1, -0.05) is 18.2 Å². The van der Waals surface area contributed by atoms with Crippen LogP contribution in [0.25, 0.3) is 0 Å². The number of rotatable bonds is 6. The summed E-state index contributed by atoms with van der Waals surface area (Å²) >= 11 is 0. The Morgan fingerprint density at radius 2 is 1.62 bits per heavy atom. The van der Waals surface area contributed by atoms with Crippen LogP contribution in [0.4, 0.5) is 11.4 Å². The van der Waals surface area contributed by atoms with Crippen LogP contribution in [-0.4, -0.2) is 22.6 Å². The molecule has 0 aliphatic carbocycles. The van der Waals surface area contributed by atoms with E-state index < -0.39 is 10.2 Å². The van der Waals surface area contributed by atoms with Gasteiger partial charge < -0.3 is 9.47 Å². The van der Waals surface area contributed by atoms with Crippen LogP contribution in [0.1, 0.15) is 0 Å². The van der Waals surface area contributed by atoms with E-state index >= 15 is 0 Å². The zero-order valence-electron chi connectivity index (χ0n) is 11.7. The Hall–Kier alpha value is -2.41. The van der Waals surface area contributed by atoms with E-state index in [4.69, 9.17) is 9.47 Å². The van der Waals surface area contributed by atoms with Gasteiger partial charge in [0, 0.05) is 6.07 Å². The van der Waals surface area contributed by atoms with Gasteiger partial charge in [-0.05, 0) is 24.3 Å². The number of benzene rings is 2. The average molecular weight is 308 g/mol. The number of nitrogens with one attached hydrogen (secondary N) is 2. The van der Waals surface area contributed by atoms with Crippen LogP contribution in [0.3, 0.4) is 0 Å². The fourth-order valence-electron chi connectivity index (χ4n) is 1.73. The molecule has 0 aromatic heterocycles. The van der Waals surface area contributed by atoms with E-state index in [0.29, 0.717) is 22.9 Å². The Bertz CT molecular complexity index is 702. The highest BCUT2D eigenvalue weighted by atomic mass is 32.2. The van der Waals surface area contributed by atoms with Crippen LogP contribution < -0.4 is 18.9 Å². The standard InChI is InChI=1S/C14H16N2O4S/c1-19-12-8-9-14(20-2)13(10-12)16-21(17,18)15-11-6-4-3-5-7-11/h3-10,15-16H,1-2H3. The summed E-state index contributed by atoms with van der Waals surface area (Å²) in [5, 5.41) is 0. The molecule has 0 unspecified atom stereocenters. The molecule has 6 nitrogen and oxygen atoms in total. The quantitative estimate of drug-likeness (QED) is 0.859. The highest BCUT2D eigenvalue weighted by Gasteiger charge is 2.14. The molecule has 2 rings (SSSR count). The largest absolute Gasteiger partial charge is 0.497 e. The molecule has 0 heterocycles. The molecule has 2 aromatic carbocycles. The minimum absolute atomic E-state index is 0.292. The lowest BCUT2D eigenvalue weighted by molar-refractivity contribution is 0.405. The summed E-state index contributed by atoms with van der Waals surface area (Å²) in [5.41, 5.74) is 0.757. The minimum atomic E-state index is -3.78. The van der Waals surface area contributed by atoms with Gasteiger partial charge >= 0.3 is 10.2 Å². The third-order valence-corrected chi connectivity index (χ3v) is 3.67. The predicted octanol–water partition coefficient (Wildman–Crippen LogP) is 2.47. The van der Waals surface area contributed by atoms with Crippen molar-refractivity contribution in [3.05, 3.63) is 48.5 Å². The molecule has 0 bridgehead atoms. The molecule has 21 heavy (non-hydrogen) atoms. The topological polar surface area (TPSA) is 76.7 Å². The lowest BCUT2D eigenvalue weighted by Crippen LogP contribution is -2.21. The van der Waals surface area contributed by atoms with E-state index in [1.807, 2.05) is 0 Å². The number of hydrogen-bond acceptors (Lipinski definition) is 4. The average Bonchev–Trinajstić information content (AvgIpc) is 2.47. The fourth-order valence-corrected chi connectivity index (χ4v) is 2.67. The van der Waals surface area contributed by atoms with Gasteiger partial charge in [0.05, 0.1) is 25.6 Å². The summed E-state index contributed by atoms with van der Waals surface area (Å²) in [6, 6.07) is 13.4. The van der Waals surface area contributed by atoms with Crippen LogP contribution in [0.15, 0.2) is 48.5 Å². The first-order chi connectivity index (χ1) is 10.0. The predicted molar refractivity (Wildman–Crippen MR) is 82.2 cm³/mol. The molecule has 7 heteroatoms. The molecule has 0 saturated heterocycles. The van der Waals surface area contributed by atoms with E-state index in [1.54, 1.807) is 48.5 Å². The summed E-state index contributed by atoms with van der Waals surface area (Å²) < 4.78 is 39.3. The number of ether oxygens (including phenoxy) is 2. The Morgan fingerprint density at radius 1 is 0.905 bits per heavy atom. The van der Waals surface area contributed by atoms with E-state index in [0.717, 1.165) is 0 Å². The van der Waals surface area contributed by atoms with Gasteiger partial charge in [0.25, 0.3) is 0 Å². The number of para-hydroxylation sites is 1. The van der Waals surface area contributed by atoms with Crippen molar-refractivity contribution in [2.24, 2.45) is 0 Å². The SMILES string of the molecule is COc1ccc(OC)c(NS(=O)(=O)Nc2ccccc2)c1. The van der Waals surface area contributed by atoms with Crippen molar-refractivity contribution in [2.75, 3.05) is 23.7 Å². The molecular formula is C14H16N2O4S. The second kappa shape index (κ2) is 6.36. The number of methoxy groups -OCH3 is 2.